The average molecular weight is 161 g/mol. The van der Waals surface area contributed by atoms with Crippen LogP contribution in [0.3, 0.4) is 0 Å². The number of rotatable bonds is 1. The van der Waals surface area contributed by atoms with Gasteiger partial charge in [-0.3, -0.25) is 4.67 Å². The molecule has 1 rings (SSSR count). The highest BCUT2D eigenvalue weighted by atomic mass is 31.0. The van der Waals surface area contributed by atoms with Crippen LogP contribution in [0, 0.1) is 0 Å². The third-order valence-corrected chi connectivity index (χ3v) is 3.13. The van der Waals surface area contributed by atoms with Crippen LogP contribution in [-0.4, -0.2) is 48.9 Å². The molecule has 1 aliphatic rings. The first kappa shape index (κ1) is 8.45. The zero-order valence-electron chi connectivity index (χ0n) is 7.01. The second-order valence-electron chi connectivity index (χ2n) is 3.42. The second-order valence-corrected chi connectivity index (χ2v) is 4.15. The fraction of sp³-hybridized carbons (Fsp3) is 1.00. The lowest BCUT2D eigenvalue weighted by molar-refractivity contribution is -0.911. The highest BCUT2D eigenvalue weighted by molar-refractivity contribution is 7.13. The number of hydrogen-bond acceptors (Lipinski definition) is 1. The van der Waals surface area contributed by atoms with Gasteiger partial charge in [0.15, 0.2) is 0 Å². The van der Waals surface area contributed by atoms with E-state index in [4.69, 9.17) is 0 Å². The van der Waals surface area contributed by atoms with Crippen molar-refractivity contribution in [3.63, 3.8) is 0 Å². The SMILES string of the molecule is CC[N+]1(C)CCN(P)CC1. The van der Waals surface area contributed by atoms with Crippen LogP contribution in [0.2, 0.25) is 0 Å². The Kier molecular flexibility index (Phi) is 2.67. The molecule has 1 fully saturated rings. The number of hydrogen-bond donors (Lipinski definition) is 0. The van der Waals surface area contributed by atoms with E-state index in [2.05, 4.69) is 28.0 Å². The van der Waals surface area contributed by atoms with Crippen molar-refractivity contribution in [1.82, 2.24) is 4.67 Å². The summed E-state index contributed by atoms with van der Waals surface area (Å²) >= 11 is 0. The zero-order valence-corrected chi connectivity index (χ0v) is 8.16. The van der Waals surface area contributed by atoms with E-state index < -0.39 is 0 Å². The molecule has 10 heavy (non-hydrogen) atoms. The molecule has 0 N–H and O–H groups in total. The molecule has 1 unspecified atom stereocenters. The molecule has 0 aromatic carbocycles. The van der Waals surface area contributed by atoms with Gasteiger partial charge in [0.25, 0.3) is 0 Å². The first-order valence-electron chi connectivity index (χ1n) is 3.99. The van der Waals surface area contributed by atoms with Gasteiger partial charge in [0, 0.05) is 0 Å². The highest BCUT2D eigenvalue weighted by Gasteiger charge is 2.24. The largest absolute Gasteiger partial charge is 0.324 e. The fourth-order valence-corrected chi connectivity index (χ4v) is 1.51. The van der Waals surface area contributed by atoms with Gasteiger partial charge in [0.2, 0.25) is 0 Å². The molecule has 1 aliphatic heterocycles. The minimum absolute atomic E-state index is 1.23. The van der Waals surface area contributed by atoms with E-state index >= 15 is 0 Å². The molecular formula is C7H18N2P+. The monoisotopic (exact) mass is 161 g/mol. The number of piperazine rings is 1. The summed E-state index contributed by atoms with van der Waals surface area (Å²) in [6.07, 6.45) is 0. The van der Waals surface area contributed by atoms with Crippen molar-refractivity contribution in [3.05, 3.63) is 0 Å². The Labute approximate surface area is 66.0 Å². The van der Waals surface area contributed by atoms with Gasteiger partial charge in [-0.1, -0.05) is 9.39 Å². The minimum Gasteiger partial charge on any atom is -0.324 e. The summed E-state index contributed by atoms with van der Waals surface area (Å²) in [5.41, 5.74) is 0. The number of likely N-dealkylation sites (N-methyl/N-ethyl adjacent to an activating group) is 1. The summed E-state index contributed by atoms with van der Waals surface area (Å²) in [5, 5.41) is 0. The summed E-state index contributed by atoms with van der Waals surface area (Å²) in [6, 6.07) is 0. The van der Waals surface area contributed by atoms with Gasteiger partial charge in [-0.15, -0.1) is 0 Å². The lowest BCUT2D eigenvalue weighted by atomic mass is 10.3. The number of nitrogens with zero attached hydrogens (tertiary/aromatic N) is 2. The average Bonchev–Trinajstić information content (AvgIpc) is 1.96. The highest BCUT2D eigenvalue weighted by Crippen LogP contribution is 2.11. The molecule has 0 radical (unpaired) electrons. The topological polar surface area (TPSA) is 3.24 Å². The summed E-state index contributed by atoms with van der Waals surface area (Å²) in [7, 11) is 5.12. The Bertz CT molecular complexity index is 108. The van der Waals surface area contributed by atoms with Crippen molar-refractivity contribution in [2.24, 2.45) is 0 Å². The molecule has 0 bridgehead atoms. The Balaban J connectivity index is 2.38. The summed E-state index contributed by atoms with van der Waals surface area (Å²) in [4.78, 5) is 0. The maximum Gasteiger partial charge on any atom is 0.0917 e. The summed E-state index contributed by atoms with van der Waals surface area (Å²) in [6.45, 7) is 8.63. The van der Waals surface area contributed by atoms with E-state index in [-0.39, 0.29) is 0 Å². The van der Waals surface area contributed by atoms with Gasteiger partial charge in [-0.05, 0) is 6.92 Å². The molecular weight excluding hydrogens is 143 g/mol. The predicted octanol–water partition coefficient (Wildman–Crippen LogP) is 0.559. The van der Waals surface area contributed by atoms with Crippen LogP contribution in [0.25, 0.3) is 0 Å². The normalized spacial score (nSPS) is 26.7. The molecule has 1 heterocycles. The molecule has 0 amide bonds. The smallest absolute Gasteiger partial charge is 0.0917 e. The number of quaternary nitrogens is 1. The van der Waals surface area contributed by atoms with Crippen molar-refractivity contribution in [2.75, 3.05) is 39.8 Å². The fourth-order valence-electron chi connectivity index (χ4n) is 1.28. The zero-order chi connectivity index (χ0) is 7.61. The van der Waals surface area contributed by atoms with E-state index in [1.54, 1.807) is 0 Å². The maximum atomic E-state index is 2.78. The molecule has 0 aromatic rings. The Hall–Kier alpha value is 0.350. The molecule has 0 aromatic heterocycles. The maximum absolute atomic E-state index is 2.78. The molecule has 0 saturated carbocycles. The van der Waals surface area contributed by atoms with Crippen LogP contribution in [0.4, 0.5) is 0 Å². The predicted molar refractivity (Wildman–Crippen MR) is 47.7 cm³/mol. The van der Waals surface area contributed by atoms with Crippen molar-refractivity contribution in [2.45, 2.75) is 6.92 Å². The van der Waals surface area contributed by atoms with Crippen LogP contribution in [0.1, 0.15) is 6.92 Å². The van der Waals surface area contributed by atoms with Gasteiger partial charge in [-0.25, -0.2) is 0 Å². The lowest BCUT2D eigenvalue weighted by Gasteiger charge is -2.39. The molecule has 60 valence electrons. The first-order valence-corrected chi connectivity index (χ1v) is 4.51. The van der Waals surface area contributed by atoms with Crippen LogP contribution >= 0.6 is 9.39 Å². The Morgan fingerprint density at radius 3 is 2.30 bits per heavy atom. The van der Waals surface area contributed by atoms with Crippen LogP contribution in [-0.2, 0) is 0 Å². The van der Waals surface area contributed by atoms with Gasteiger partial charge >= 0.3 is 0 Å². The van der Waals surface area contributed by atoms with Gasteiger partial charge < -0.3 is 4.48 Å². The first-order chi connectivity index (χ1) is 4.66. The van der Waals surface area contributed by atoms with Crippen LogP contribution in [0.15, 0.2) is 0 Å². The van der Waals surface area contributed by atoms with E-state index in [1.807, 2.05) is 0 Å². The van der Waals surface area contributed by atoms with E-state index in [1.165, 1.54) is 37.2 Å². The third kappa shape index (κ3) is 1.91. The summed E-state index contributed by atoms with van der Waals surface area (Å²) < 4.78 is 3.58. The van der Waals surface area contributed by atoms with Gasteiger partial charge in [-0.2, -0.15) is 0 Å². The van der Waals surface area contributed by atoms with E-state index in [9.17, 15) is 0 Å². The second kappa shape index (κ2) is 3.17. The van der Waals surface area contributed by atoms with E-state index in [0.717, 1.165) is 0 Å². The van der Waals surface area contributed by atoms with Gasteiger partial charge in [0.1, 0.15) is 0 Å². The molecule has 2 nitrogen and oxygen atoms in total. The Morgan fingerprint density at radius 2 is 1.90 bits per heavy atom. The Morgan fingerprint density at radius 1 is 1.40 bits per heavy atom. The van der Waals surface area contributed by atoms with Crippen LogP contribution < -0.4 is 0 Å². The lowest BCUT2D eigenvalue weighted by Crippen LogP contribution is -2.54. The molecule has 3 heteroatoms. The molecule has 1 saturated heterocycles. The molecule has 1 atom stereocenters. The standard InChI is InChI=1S/C7H18N2P/c1-3-9(2)6-4-8(10)5-7-9/h3-7,10H2,1-2H3/q+1. The molecule has 0 aliphatic carbocycles. The van der Waals surface area contributed by atoms with Gasteiger partial charge in [0.05, 0.1) is 39.8 Å². The minimum atomic E-state index is 1.23. The van der Waals surface area contributed by atoms with E-state index in [0.29, 0.717) is 0 Å². The summed E-state index contributed by atoms with van der Waals surface area (Å²) in [5.74, 6) is 0. The van der Waals surface area contributed by atoms with Crippen molar-refractivity contribution < 1.29 is 4.48 Å². The van der Waals surface area contributed by atoms with Crippen molar-refractivity contribution in [1.29, 1.82) is 0 Å². The van der Waals surface area contributed by atoms with Crippen molar-refractivity contribution in [3.8, 4) is 0 Å². The quantitative estimate of drug-likeness (QED) is 0.401. The third-order valence-electron chi connectivity index (χ3n) is 2.62. The van der Waals surface area contributed by atoms with Crippen molar-refractivity contribution >= 4 is 9.39 Å². The van der Waals surface area contributed by atoms with Crippen LogP contribution in [0.5, 0.6) is 0 Å². The molecule has 0 spiro atoms.